The number of methoxy groups -OCH3 is 1. The van der Waals surface area contributed by atoms with E-state index in [0.717, 1.165) is 22.6 Å². The number of hydrogen-bond acceptors (Lipinski definition) is 5. The highest BCUT2D eigenvalue weighted by molar-refractivity contribution is 5.92. The number of nitrogens with zero attached hydrogens (tertiary/aromatic N) is 2. The number of rotatable bonds is 6. The van der Waals surface area contributed by atoms with Crippen molar-refractivity contribution in [3.05, 3.63) is 77.5 Å². The fraction of sp³-hybridized carbons (Fsp3) is 0.150. The fourth-order valence-electron chi connectivity index (χ4n) is 2.39. The average Bonchev–Trinajstić information content (AvgIpc) is 2.69. The second-order valence-corrected chi connectivity index (χ2v) is 5.77. The van der Waals surface area contributed by atoms with E-state index in [0.29, 0.717) is 12.4 Å². The van der Waals surface area contributed by atoms with Gasteiger partial charge in [0.15, 0.2) is 11.5 Å². The van der Waals surface area contributed by atoms with Crippen molar-refractivity contribution in [1.82, 2.24) is 15.5 Å². The van der Waals surface area contributed by atoms with Crippen molar-refractivity contribution in [1.29, 1.82) is 0 Å². The summed E-state index contributed by atoms with van der Waals surface area (Å²) in [4.78, 5) is 12.2. The Morgan fingerprint density at radius 2 is 1.77 bits per heavy atom. The SMILES string of the molecule is COc1ccc(CNC(=O)c2ccc(Nc3ccccc3C)nn2)cc1. The number of aryl methyl sites for hydroxylation is 1. The molecule has 1 heterocycles. The molecule has 6 nitrogen and oxygen atoms in total. The van der Waals surface area contributed by atoms with Crippen LogP contribution in [0.15, 0.2) is 60.7 Å². The van der Waals surface area contributed by atoms with E-state index >= 15 is 0 Å². The molecular weight excluding hydrogens is 328 g/mol. The molecule has 0 saturated carbocycles. The van der Waals surface area contributed by atoms with Crippen molar-refractivity contribution >= 4 is 17.4 Å². The van der Waals surface area contributed by atoms with Crippen LogP contribution >= 0.6 is 0 Å². The summed E-state index contributed by atoms with van der Waals surface area (Å²) in [5.41, 5.74) is 3.31. The van der Waals surface area contributed by atoms with Gasteiger partial charge in [0.2, 0.25) is 0 Å². The van der Waals surface area contributed by atoms with E-state index < -0.39 is 0 Å². The third kappa shape index (κ3) is 4.36. The van der Waals surface area contributed by atoms with E-state index in [4.69, 9.17) is 4.74 Å². The van der Waals surface area contributed by atoms with Gasteiger partial charge in [0.25, 0.3) is 5.91 Å². The van der Waals surface area contributed by atoms with Crippen LogP contribution in [-0.2, 0) is 6.54 Å². The molecule has 0 aliphatic heterocycles. The van der Waals surface area contributed by atoms with Crippen molar-refractivity contribution in [2.24, 2.45) is 0 Å². The summed E-state index contributed by atoms with van der Waals surface area (Å²) in [7, 11) is 1.62. The van der Waals surface area contributed by atoms with E-state index in [9.17, 15) is 4.79 Å². The molecule has 132 valence electrons. The molecule has 2 N–H and O–H groups in total. The number of carbonyl (C=O) groups excluding carboxylic acids is 1. The molecule has 0 unspecified atom stereocenters. The maximum absolute atomic E-state index is 12.2. The molecule has 0 spiro atoms. The van der Waals surface area contributed by atoms with Crippen LogP contribution in [0.5, 0.6) is 5.75 Å². The molecule has 1 amide bonds. The number of ether oxygens (including phenoxy) is 1. The van der Waals surface area contributed by atoms with Gasteiger partial charge in [0, 0.05) is 12.2 Å². The van der Waals surface area contributed by atoms with Gasteiger partial charge in [0.1, 0.15) is 5.75 Å². The Morgan fingerprint density at radius 3 is 2.42 bits per heavy atom. The molecule has 2 aromatic carbocycles. The molecule has 6 heteroatoms. The first-order valence-corrected chi connectivity index (χ1v) is 8.23. The van der Waals surface area contributed by atoms with Crippen LogP contribution < -0.4 is 15.4 Å². The first-order chi connectivity index (χ1) is 12.7. The minimum Gasteiger partial charge on any atom is -0.497 e. The largest absolute Gasteiger partial charge is 0.497 e. The maximum Gasteiger partial charge on any atom is 0.272 e. The van der Waals surface area contributed by atoms with Gasteiger partial charge in [-0.1, -0.05) is 30.3 Å². The molecular formula is C20H20N4O2. The van der Waals surface area contributed by atoms with Crippen LogP contribution in [0.3, 0.4) is 0 Å². The van der Waals surface area contributed by atoms with E-state index in [1.165, 1.54) is 0 Å². The normalized spacial score (nSPS) is 10.2. The summed E-state index contributed by atoms with van der Waals surface area (Å²) in [6.45, 7) is 2.42. The second kappa shape index (κ2) is 8.11. The number of benzene rings is 2. The first-order valence-electron chi connectivity index (χ1n) is 8.23. The number of aromatic nitrogens is 2. The molecule has 0 saturated heterocycles. The quantitative estimate of drug-likeness (QED) is 0.713. The Balaban J connectivity index is 1.58. The zero-order valence-electron chi connectivity index (χ0n) is 14.7. The Kier molecular flexibility index (Phi) is 5.43. The van der Waals surface area contributed by atoms with Gasteiger partial charge in [-0.2, -0.15) is 0 Å². The van der Waals surface area contributed by atoms with Crippen molar-refractivity contribution < 1.29 is 9.53 Å². The molecule has 3 rings (SSSR count). The smallest absolute Gasteiger partial charge is 0.272 e. The van der Waals surface area contributed by atoms with Crippen LogP contribution in [0, 0.1) is 6.92 Å². The monoisotopic (exact) mass is 348 g/mol. The van der Waals surface area contributed by atoms with E-state index in [-0.39, 0.29) is 11.6 Å². The molecule has 0 radical (unpaired) electrons. The van der Waals surface area contributed by atoms with Crippen molar-refractivity contribution in [3.63, 3.8) is 0 Å². The number of nitrogens with one attached hydrogen (secondary N) is 2. The lowest BCUT2D eigenvalue weighted by Crippen LogP contribution is -2.24. The Bertz CT molecular complexity index is 877. The highest BCUT2D eigenvalue weighted by Crippen LogP contribution is 2.18. The zero-order valence-corrected chi connectivity index (χ0v) is 14.7. The molecule has 1 aromatic heterocycles. The fourth-order valence-corrected chi connectivity index (χ4v) is 2.39. The van der Waals surface area contributed by atoms with E-state index in [1.807, 2.05) is 55.5 Å². The van der Waals surface area contributed by atoms with Crippen LogP contribution in [-0.4, -0.2) is 23.2 Å². The highest BCUT2D eigenvalue weighted by Gasteiger charge is 2.08. The van der Waals surface area contributed by atoms with Crippen molar-refractivity contribution in [2.45, 2.75) is 13.5 Å². The van der Waals surface area contributed by atoms with Crippen LogP contribution in [0.2, 0.25) is 0 Å². The summed E-state index contributed by atoms with van der Waals surface area (Å²) in [6, 6.07) is 18.8. The molecule has 0 atom stereocenters. The molecule has 26 heavy (non-hydrogen) atoms. The summed E-state index contributed by atoms with van der Waals surface area (Å²) in [5.74, 6) is 1.10. The van der Waals surface area contributed by atoms with Gasteiger partial charge in [0.05, 0.1) is 7.11 Å². The number of anilines is 2. The standard InChI is InChI=1S/C20H20N4O2/c1-14-5-3-4-6-17(14)22-19-12-11-18(23-24-19)20(25)21-13-15-7-9-16(26-2)10-8-15/h3-12H,13H2,1-2H3,(H,21,25)(H,22,24). The van der Waals surface area contributed by atoms with E-state index in [2.05, 4.69) is 20.8 Å². The zero-order chi connectivity index (χ0) is 18.4. The lowest BCUT2D eigenvalue weighted by Gasteiger charge is -2.09. The van der Waals surface area contributed by atoms with Gasteiger partial charge in [-0.25, -0.2) is 0 Å². The molecule has 0 aliphatic carbocycles. The average molecular weight is 348 g/mol. The summed E-state index contributed by atoms with van der Waals surface area (Å²) >= 11 is 0. The first kappa shape index (κ1) is 17.4. The number of para-hydroxylation sites is 1. The summed E-state index contributed by atoms with van der Waals surface area (Å²) < 4.78 is 5.11. The number of amides is 1. The second-order valence-electron chi connectivity index (χ2n) is 5.77. The minimum atomic E-state index is -0.268. The summed E-state index contributed by atoms with van der Waals surface area (Å²) in [5, 5.41) is 14.1. The van der Waals surface area contributed by atoms with E-state index in [1.54, 1.807) is 19.2 Å². The predicted molar refractivity (Wildman–Crippen MR) is 101 cm³/mol. The maximum atomic E-state index is 12.2. The Morgan fingerprint density at radius 1 is 1.00 bits per heavy atom. The van der Waals surface area contributed by atoms with Gasteiger partial charge in [-0.3, -0.25) is 4.79 Å². The van der Waals surface area contributed by atoms with Crippen LogP contribution in [0.4, 0.5) is 11.5 Å². The van der Waals surface area contributed by atoms with Crippen molar-refractivity contribution in [2.75, 3.05) is 12.4 Å². The number of carbonyl (C=O) groups is 1. The molecule has 0 fully saturated rings. The minimum absolute atomic E-state index is 0.268. The van der Waals surface area contributed by atoms with Gasteiger partial charge in [-0.15, -0.1) is 10.2 Å². The highest BCUT2D eigenvalue weighted by atomic mass is 16.5. The Labute approximate surface area is 152 Å². The molecule has 0 bridgehead atoms. The number of hydrogen-bond donors (Lipinski definition) is 2. The molecule has 0 aliphatic rings. The third-order valence-corrected chi connectivity index (χ3v) is 3.92. The lowest BCUT2D eigenvalue weighted by molar-refractivity contribution is 0.0945. The predicted octanol–water partition coefficient (Wildman–Crippen LogP) is 3.47. The van der Waals surface area contributed by atoms with Crippen LogP contribution in [0.1, 0.15) is 21.6 Å². The van der Waals surface area contributed by atoms with Gasteiger partial charge < -0.3 is 15.4 Å². The van der Waals surface area contributed by atoms with Gasteiger partial charge in [-0.05, 0) is 48.4 Å². The Hall–Kier alpha value is -3.41. The topological polar surface area (TPSA) is 76.1 Å². The van der Waals surface area contributed by atoms with Crippen LogP contribution in [0.25, 0.3) is 0 Å². The third-order valence-electron chi connectivity index (χ3n) is 3.92. The van der Waals surface area contributed by atoms with Gasteiger partial charge >= 0.3 is 0 Å². The van der Waals surface area contributed by atoms with Crippen molar-refractivity contribution in [3.8, 4) is 5.75 Å². The summed E-state index contributed by atoms with van der Waals surface area (Å²) in [6.07, 6.45) is 0. The lowest BCUT2D eigenvalue weighted by atomic mass is 10.2. The molecule has 3 aromatic rings.